The van der Waals surface area contributed by atoms with Crippen LogP contribution in [0.25, 0.3) is 89.1 Å². The first-order chi connectivity index (χ1) is 32.0. The van der Waals surface area contributed by atoms with Gasteiger partial charge < -0.3 is 0 Å². The molecule has 11 aromatic carbocycles. The van der Waals surface area contributed by atoms with Gasteiger partial charge in [0.15, 0.2) is 0 Å². The molecule has 312 valence electrons. The lowest BCUT2D eigenvalue weighted by atomic mass is 9.89. The number of rotatable bonds is 6. The van der Waals surface area contributed by atoms with Gasteiger partial charge in [0.05, 0.1) is 0 Å². The Bertz CT molecular complexity index is 3540. The zero-order valence-electron chi connectivity index (χ0n) is 37.2. The van der Waals surface area contributed by atoms with Crippen molar-refractivity contribution < 1.29 is 0 Å². The van der Waals surface area contributed by atoms with Gasteiger partial charge in [-0.2, -0.15) is 0 Å². The van der Waals surface area contributed by atoms with E-state index in [9.17, 15) is 0 Å². The molecular weight excluding hydrogens is 781 g/mol. The molecule has 0 aromatic heterocycles. The summed E-state index contributed by atoms with van der Waals surface area (Å²) in [6.45, 7) is 8.29. The van der Waals surface area contributed by atoms with Crippen molar-refractivity contribution in [3.8, 4) is 33.4 Å². The van der Waals surface area contributed by atoms with Crippen molar-refractivity contribution in [1.82, 2.24) is 0 Å². The molecule has 0 heteroatoms. The van der Waals surface area contributed by atoms with Crippen LogP contribution in [-0.4, -0.2) is 0 Å². The van der Waals surface area contributed by atoms with Gasteiger partial charge in [-0.25, -0.2) is 0 Å². The normalized spacial score (nSPS) is 11.4. The number of aryl methyl sites for hydroxylation is 2. The van der Waals surface area contributed by atoms with Gasteiger partial charge in [0, 0.05) is 0 Å². The lowest BCUT2D eigenvalue weighted by molar-refractivity contribution is 1.25. The molecule has 11 aromatic rings. The Hall–Kier alpha value is -8.06. The third-order valence-electron chi connectivity index (χ3n) is 12.0. The Labute approximate surface area is 383 Å². The largest absolute Gasteiger partial charge is 0.0912 e. The predicted octanol–water partition coefficient (Wildman–Crippen LogP) is 16.3. The Balaban J connectivity index is 0.000000134. The molecule has 65 heavy (non-hydrogen) atoms. The summed E-state index contributed by atoms with van der Waals surface area (Å²) in [6, 6.07) is 84.3. The first kappa shape index (κ1) is 42.3. The maximum absolute atomic E-state index is 4.00. The van der Waals surface area contributed by atoms with Gasteiger partial charge in [0.1, 0.15) is 0 Å². The van der Waals surface area contributed by atoms with Crippen molar-refractivity contribution in [2.75, 3.05) is 0 Å². The van der Waals surface area contributed by atoms with E-state index in [2.05, 4.69) is 257 Å². The molecule has 0 radical (unpaired) electrons. The number of fused-ring (bicyclic) bond motifs is 4. The standard InChI is InChI=1S/C31H22.C18H18.C16H12/c1-21-16-17-30-26(18-21)20-24-9-3-5-14-29(24)31(30)25-12-6-11-23(19-25)28-15-7-10-22-8-2-4-13-27(22)28;1-15-8-7-11-17(14-15)10-4-6-13-18-12-5-3-9-16(18)2;1-2-7-13(8-3-1)16-12-6-10-14-9-4-5-11-15(14)16/h2-20H,1H3;3-9,11-14H,2,10H2,1H3;1-12H/b;6-4-,18-13-;. The van der Waals surface area contributed by atoms with Gasteiger partial charge >= 0.3 is 0 Å². The third-order valence-corrected chi connectivity index (χ3v) is 12.0. The maximum Gasteiger partial charge on any atom is -0.00266 e. The molecule has 0 saturated carbocycles. The third kappa shape index (κ3) is 9.94. The van der Waals surface area contributed by atoms with E-state index >= 15 is 0 Å². The summed E-state index contributed by atoms with van der Waals surface area (Å²) in [6.07, 6.45) is 7.36. The number of allylic oxidation sites excluding steroid dienone is 2. The molecule has 0 unspecified atom stereocenters. The molecule has 0 aliphatic heterocycles. The molecular formula is C65H52. The highest BCUT2D eigenvalue weighted by atomic mass is 14.2. The van der Waals surface area contributed by atoms with Crippen molar-refractivity contribution in [2.45, 2.75) is 20.3 Å². The van der Waals surface area contributed by atoms with Crippen molar-refractivity contribution in [1.29, 1.82) is 0 Å². The smallest absolute Gasteiger partial charge is 0.00266 e. The van der Waals surface area contributed by atoms with Gasteiger partial charge in [-0.1, -0.05) is 260 Å². The Morgan fingerprint density at radius 1 is 0.369 bits per heavy atom. The second kappa shape index (κ2) is 20.0. The van der Waals surface area contributed by atoms with Gasteiger partial charge in [-0.15, -0.1) is 0 Å². The van der Waals surface area contributed by atoms with E-state index in [1.54, 1.807) is 0 Å². The van der Waals surface area contributed by atoms with Crippen LogP contribution in [0.5, 0.6) is 0 Å². The summed E-state index contributed by atoms with van der Waals surface area (Å²) in [5.74, 6) is 0. The molecule has 0 aliphatic carbocycles. The summed E-state index contributed by atoms with van der Waals surface area (Å²) < 4.78 is 0. The van der Waals surface area contributed by atoms with Crippen molar-refractivity contribution in [3.05, 3.63) is 276 Å². The Kier molecular flexibility index (Phi) is 13.0. The molecule has 0 heterocycles. The molecule has 0 atom stereocenters. The first-order valence-electron chi connectivity index (χ1n) is 22.5. The fourth-order valence-corrected chi connectivity index (χ4v) is 8.83. The molecule has 0 amide bonds. The van der Waals surface area contributed by atoms with E-state index in [4.69, 9.17) is 0 Å². The molecule has 11 rings (SSSR count). The number of hydrogen-bond acceptors (Lipinski definition) is 0. The van der Waals surface area contributed by atoms with Crippen LogP contribution in [0, 0.1) is 13.8 Å². The van der Waals surface area contributed by atoms with Gasteiger partial charge in [0.2, 0.25) is 0 Å². The van der Waals surface area contributed by atoms with Crippen LogP contribution >= 0.6 is 0 Å². The summed E-state index contributed by atoms with van der Waals surface area (Å²) in [7, 11) is 0. The molecule has 0 fully saturated rings. The van der Waals surface area contributed by atoms with E-state index in [0.717, 1.165) is 11.6 Å². The van der Waals surface area contributed by atoms with E-state index in [1.807, 2.05) is 18.2 Å². The van der Waals surface area contributed by atoms with Gasteiger partial charge in [-0.05, 0) is 125 Å². The van der Waals surface area contributed by atoms with Crippen LogP contribution in [0.4, 0.5) is 0 Å². The van der Waals surface area contributed by atoms with E-state index in [-0.39, 0.29) is 0 Å². The van der Waals surface area contributed by atoms with Gasteiger partial charge in [-0.3, -0.25) is 0 Å². The van der Waals surface area contributed by atoms with Crippen molar-refractivity contribution in [3.63, 3.8) is 0 Å². The SMILES string of the molecule is C=c1cccc/c1=C/C=C\Cc1cccc(C)c1.Cc1ccc2c(-c3cccc(-c4cccc5ccccc45)c3)c3ccccc3cc2c1.c1ccc(-c2cccc3ccccc23)cc1. The molecule has 0 aliphatic rings. The van der Waals surface area contributed by atoms with Crippen LogP contribution < -0.4 is 10.4 Å². The fourth-order valence-electron chi connectivity index (χ4n) is 8.83. The summed E-state index contributed by atoms with van der Waals surface area (Å²) >= 11 is 0. The topological polar surface area (TPSA) is 0 Å². The molecule has 0 nitrogen and oxygen atoms in total. The minimum atomic E-state index is 0.970. The summed E-state index contributed by atoms with van der Waals surface area (Å²) in [5.41, 5.74) is 11.6. The monoisotopic (exact) mass is 832 g/mol. The highest BCUT2D eigenvalue weighted by molar-refractivity contribution is 6.13. The average molecular weight is 833 g/mol. The van der Waals surface area contributed by atoms with Crippen LogP contribution in [0.2, 0.25) is 0 Å². The minimum Gasteiger partial charge on any atom is -0.0912 e. The minimum absolute atomic E-state index is 0.970. The molecule has 0 bridgehead atoms. The highest BCUT2D eigenvalue weighted by Crippen LogP contribution is 2.39. The Morgan fingerprint density at radius 2 is 0.908 bits per heavy atom. The van der Waals surface area contributed by atoms with Crippen LogP contribution in [0.15, 0.2) is 249 Å². The van der Waals surface area contributed by atoms with E-state index in [0.29, 0.717) is 0 Å². The molecule has 0 N–H and O–H groups in total. The number of hydrogen-bond donors (Lipinski definition) is 0. The van der Waals surface area contributed by atoms with E-state index < -0.39 is 0 Å². The first-order valence-corrected chi connectivity index (χ1v) is 22.5. The fraction of sp³-hybridized carbons (Fsp3) is 0.0462. The molecule has 0 saturated heterocycles. The average Bonchev–Trinajstić information content (AvgIpc) is 3.35. The zero-order valence-corrected chi connectivity index (χ0v) is 37.2. The van der Waals surface area contributed by atoms with Crippen molar-refractivity contribution in [2.24, 2.45) is 0 Å². The maximum atomic E-state index is 4.00. The van der Waals surface area contributed by atoms with Gasteiger partial charge in [0.25, 0.3) is 0 Å². The second-order valence-electron chi connectivity index (χ2n) is 16.7. The summed E-state index contributed by atoms with van der Waals surface area (Å²) in [4.78, 5) is 0. The van der Waals surface area contributed by atoms with Crippen LogP contribution in [0.1, 0.15) is 16.7 Å². The lowest BCUT2D eigenvalue weighted by Gasteiger charge is -2.14. The predicted molar refractivity (Wildman–Crippen MR) is 284 cm³/mol. The number of benzene rings is 11. The molecule has 0 spiro atoms. The zero-order chi connectivity index (χ0) is 44.4. The second-order valence-corrected chi connectivity index (χ2v) is 16.7. The van der Waals surface area contributed by atoms with Crippen LogP contribution in [0.3, 0.4) is 0 Å². The quantitative estimate of drug-likeness (QED) is 0.146. The van der Waals surface area contributed by atoms with E-state index in [1.165, 1.54) is 98.4 Å². The highest BCUT2D eigenvalue weighted by Gasteiger charge is 2.12. The Morgan fingerprint density at radius 3 is 1.63 bits per heavy atom. The van der Waals surface area contributed by atoms with Crippen molar-refractivity contribution >= 4 is 55.7 Å². The lowest BCUT2D eigenvalue weighted by Crippen LogP contribution is -2.21. The summed E-state index contributed by atoms with van der Waals surface area (Å²) in [5, 5.41) is 12.6. The van der Waals surface area contributed by atoms with Crippen LogP contribution in [-0.2, 0) is 6.42 Å².